The van der Waals surface area contributed by atoms with Crippen LogP contribution in [0.2, 0.25) is 0 Å². The standard InChI is InChI=1S/C29H38N2O9S/c1-14(32)20-26(35)23(31(4)5)18-12-16-11-17-19(30(2)3)13-15(9-7-8-10-41(6,39)40)24(33)22(17)25(34)21(16)28(37)29(18,38)27(20)36/h13,16,18,23,33-34,36,38H,7-12H2,1-6H3/t16-,18-,23-,29+/m0/s1. The second kappa shape index (κ2) is 10.6. The maximum Gasteiger partial charge on any atom is 0.202 e. The van der Waals surface area contributed by atoms with Crippen molar-refractivity contribution in [2.45, 2.75) is 50.7 Å². The molecule has 0 saturated heterocycles. The van der Waals surface area contributed by atoms with E-state index in [1.165, 1.54) is 4.90 Å². The number of aromatic hydroxyl groups is 1. The van der Waals surface area contributed by atoms with E-state index in [2.05, 4.69) is 0 Å². The number of aliphatic hydroxyl groups excluding tert-OH is 2. The molecular formula is C29H38N2O9S. The Balaban J connectivity index is 1.88. The van der Waals surface area contributed by atoms with Gasteiger partial charge >= 0.3 is 0 Å². The molecule has 11 nitrogen and oxygen atoms in total. The molecule has 4 rings (SSSR count). The van der Waals surface area contributed by atoms with E-state index in [9.17, 15) is 43.2 Å². The van der Waals surface area contributed by atoms with E-state index in [-0.39, 0.29) is 35.5 Å². The van der Waals surface area contributed by atoms with E-state index in [0.717, 1.165) is 13.2 Å². The zero-order valence-corrected chi connectivity index (χ0v) is 25.0. The molecule has 4 N–H and O–H groups in total. The van der Waals surface area contributed by atoms with Crippen molar-refractivity contribution < 1.29 is 43.2 Å². The van der Waals surface area contributed by atoms with Gasteiger partial charge in [0.05, 0.1) is 11.6 Å². The maximum absolute atomic E-state index is 14.1. The molecule has 1 fully saturated rings. The van der Waals surface area contributed by atoms with Gasteiger partial charge in [-0.25, -0.2) is 8.42 Å². The van der Waals surface area contributed by atoms with Crippen molar-refractivity contribution in [1.29, 1.82) is 0 Å². The molecule has 12 heteroatoms. The van der Waals surface area contributed by atoms with Crippen LogP contribution in [0, 0.1) is 11.8 Å². The monoisotopic (exact) mass is 590 g/mol. The fraction of sp³-hybridized carbons (Fsp3) is 0.552. The van der Waals surface area contributed by atoms with Crippen molar-refractivity contribution in [2.24, 2.45) is 11.8 Å². The molecule has 1 aromatic rings. The highest BCUT2D eigenvalue weighted by Crippen LogP contribution is 2.54. The minimum absolute atomic E-state index is 0.000178. The van der Waals surface area contributed by atoms with Crippen LogP contribution < -0.4 is 4.90 Å². The topological polar surface area (TPSA) is 173 Å². The van der Waals surface area contributed by atoms with E-state index in [4.69, 9.17) is 0 Å². The van der Waals surface area contributed by atoms with E-state index in [0.29, 0.717) is 36.1 Å². The summed E-state index contributed by atoms with van der Waals surface area (Å²) in [5.41, 5.74) is -1.65. The summed E-state index contributed by atoms with van der Waals surface area (Å²) in [6.07, 6.45) is 2.57. The Morgan fingerprint density at radius 2 is 1.73 bits per heavy atom. The number of hydrogen-bond acceptors (Lipinski definition) is 11. The number of aliphatic hydroxyl groups is 3. The van der Waals surface area contributed by atoms with Gasteiger partial charge < -0.3 is 25.3 Å². The summed E-state index contributed by atoms with van der Waals surface area (Å²) in [6, 6.07) is 0.716. The number of ketones is 3. The van der Waals surface area contributed by atoms with Crippen LogP contribution in [-0.2, 0) is 37.1 Å². The first kappa shape index (κ1) is 30.7. The molecule has 3 aliphatic rings. The average Bonchev–Trinajstić information content (AvgIpc) is 2.83. The number of hydrogen-bond donors (Lipinski definition) is 4. The van der Waals surface area contributed by atoms with Gasteiger partial charge in [-0.05, 0) is 76.2 Å². The van der Waals surface area contributed by atoms with Crippen LogP contribution in [-0.4, -0.2) is 103 Å². The third-order valence-electron chi connectivity index (χ3n) is 8.57. The number of carbonyl (C=O) groups excluding carboxylic acids is 3. The van der Waals surface area contributed by atoms with Crippen LogP contribution in [0.3, 0.4) is 0 Å². The van der Waals surface area contributed by atoms with Gasteiger partial charge in [0, 0.05) is 43.3 Å². The molecule has 0 spiro atoms. The molecule has 3 aliphatic carbocycles. The smallest absolute Gasteiger partial charge is 0.202 e. The Kier molecular flexibility index (Phi) is 7.91. The van der Waals surface area contributed by atoms with E-state index in [1.807, 2.05) is 4.90 Å². The molecule has 1 saturated carbocycles. The molecule has 41 heavy (non-hydrogen) atoms. The van der Waals surface area contributed by atoms with Gasteiger partial charge in [-0.1, -0.05) is 0 Å². The zero-order chi connectivity index (χ0) is 30.8. The summed E-state index contributed by atoms with van der Waals surface area (Å²) in [7, 11) is 3.64. The van der Waals surface area contributed by atoms with Gasteiger partial charge in [-0.2, -0.15) is 0 Å². The predicted molar refractivity (Wildman–Crippen MR) is 153 cm³/mol. The van der Waals surface area contributed by atoms with Crippen LogP contribution in [0.25, 0.3) is 5.76 Å². The lowest BCUT2D eigenvalue weighted by Gasteiger charge is -2.50. The normalized spacial score (nSPS) is 26.2. The largest absolute Gasteiger partial charge is 0.508 e. The Morgan fingerprint density at radius 1 is 1.10 bits per heavy atom. The Hall–Kier alpha value is -3.22. The van der Waals surface area contributed by atoms with Crippen LogP contribution in [0.1, 0.15) is 42.9 Å². The summed E-state index contributed by atoms with van der Waals surface area (Å²) in [5.74, 6) is -5.99. The summed E-state index contributed by atoms with van der Waals surface area (Å²) in [6.45, 7) is 1.07. The van der Waals surface area contributed by atoms with Crippen molar-refractivity contribution in [3.05, 3.63) is 39.7 Å². The van der Waals surface area contributed by atoms with E-state index in [1.54, 1.807) is 34.3 Å². The molecule has 4 atom stereocenters. The average molecular weight is 591 g/mol. The quantitative estimate of drug-likeness (QED) is 0.255. The molecule has 224 valence electrons. The Bertz CT molecular complexity index is 1510. The fourth-order valence-corrected chi connectivity index (χ4v) is 7.45. The molecule has 0 aromatic heterocycles. The van der Waals surface area contributed by atoms with Gasteiger partial charge in [0.15, 0.2) is 17.2 Å². The second-order valence-electron chi connectivity index (χ2n) is 11.9. The Morgan fingerprint density at radius 3 is 2.27 bits per heavy atom. The molecule has 0 amide bonds. The summed E-state index contributed by atoms with van der Waals surface area (Å²) in [5, 5.41) is 45.7. The first-order chi connectivity index (χ1) is 18.9. The Labute approximate surface area is 239 Å². The summed E-state index contributed by atoms with van der Waals surface area (Å²) in [4.78, 5) is 43.0. The number of anilines is 1. The van der Waals surface area contributed by atoms with Crippen molar-refractivity contribution in [1.82, 2.24) is 4.90 Å². The van der Waals surface area contributed by atoms with Crippen molar-refractivity contribution in [3.8, 4) is 5.75 Å². The number of sulfone groups is 1. The third kappa shape index (κ3) is 4.95. The number of benzene rings is 1. The summed E-state index contributed by atoms with van der Waals surface area (Å²) >= 11 is 0. The zero-order valence-electron chi connectivity index (χ0n) is 24.2. The van der Waals surface area contributed by atoms with Crippen molar-refractivity contribution in [3.63, 3.8) is 0 Å². The highest BCUT2D eigenvalue weighted by atomic mass is 32.2. The number of carbonyl (C=O) groups is 3. The van der Waals surface area contributed by atoms with Crippen molar-refractivity contribution >= 4 is 38.6 Å². The first-order valence-electron chi connectivity index (χ1n) is 13.5. The molecule has 1 aromatic carbocycles. The predicted octanol–water partition coefficient (Wildman–Crippen LogP) is 1.50. The molecule has 0 bridgehead atoms. The van der Waals surface area contributed by atoms with Crippen LogP contribution >= 0.6 is 0 Å². The van der Waals surface area contributed by atoms with Crippen LogP contribution in [0.15, 0.2) is 23.0 Å². The number of nitrogens with zero attached hydrogens (tertiary/aromatic N) is 2. The van der Waals surface area contributed by atoms with Crippen LogP contribution in [0.5, 0.6) is 5.75 Å². The van der Waals surface area contributed by atoms with Gasteiger partial charge in [0.1, 0.15) is 32.7 Å². The number of likely N-dealkylation sites (N-methyl/N-ethyl adjacent to an activating group) is 1. The molecular weight excluding hydrogens is 552 g/mol. The molecule has 0 heterocycles. The lowest BCUT2D eigenvalue weighted by molar-refractivity contribution is -0.153. The fourth-order valence-electron chi connectivity index (χ4n) is 6.72. The molecule has 0 aliphatic heterocycles. The number of Topliss-reactive ketones (excluding diaryl/α,β-unsaturated/α-hetero) is 3. The van der Waals surface area contributed by atoms with Crippen LogP contribution in [0.4, 0.5) is 5.69 Å². The number of rotatable bonds is 8. The summed E-state index contributed by atoms with van der Waals surface area (Å²) < 4.78 is 23.1. The number of phenolic OH excluding ortho intramolecular Hbond substituents is 1. The first-order valence-corrected chi connectivity index (χ1v) is 15.6. The van der Waals surface area contributed by atoms with Gasteiger partial charge in [-0.3, -0.25) is 19.3 Å². The minimum atomic E-state index is -3.14. The highest BCUT2D eigenvalue weighted by Gasteiger charge is 2.64. The number of fused-ring (bicyclic) bond motifs is 3. The lowest BCUT2D eigenvalue weighted by Crippen LogP contribution is -2.65. The maximum atomic E-state index is 14.1. The van der Waals surface area contributed by atoms with E-state index >= 15 is 0 Å². The van der Waals surface area contributed by atoms with Gasteiger partial charge in [0.25, 0.3) is 0 Å². The van der Waals surface area contributed by atoms with Gasteiger partial charge in [0.2, 0.25) is 5.78 Å². The highest BCUT2D eigenvalue weighted by molar-refractivity contribution is 7.90. The lowest BCUT2D eigenvalue weighted by atomic mass is 9.57. The minimum Gasteiger partial charge on any atom is -0.508 e. The molecule has 0 unspecified atom stereocenters. The SMILES string of the molecule is CC(=O)C1=C(O)[C@@]2(O)C(=O)C3=C(O)c4c(O)c(CCCCS(C)(=O)=O)cc(N(C)C)c4C[C@H]3C[C@H]2[C@H](N(C)C)C1=O. The van der Waals surface area contributed by atoms with E-state index < -0.39 is 67.8 Å². The van der Waals surface area contributed by atoms with Gasteiger partial charge in [-0.15, -0.1) is 0 Å². The third-order valence-corrected chi connectivity index (χ3v) is 9.61. The molecule has 0 radical (unpaired) electrons. The number of unbranched alkanes of at least 4 members (excludes halogenated alkanes) is 1. The number of aryl methyl sites for hydroxylation is 1. The van der Waals surface area contributed by atoms with Crippen molar-refractivity contribution in [2.75, 3.05) is 45.1 Å². The second-order valence-corrected chi connectivity index (χ2v) is 14.2. The number of phenols is 1.